The number of rotatable bonds is 6. The molecule has 0 bridgehead atoms. The predicted octanol–water partition coefficient (Wildman–Crippen LogP) is 2.61. The molecule has 0 aromatic rings. The van der Waals surface area contributed by atoms with Crippen molar-refractivity contribution < 1.29 is 14.3 Å². The van der Waals surface area contributed by atoms with Gasteiger partial charge in [-0.2, -0.15) is 0 Å². The highest BCUT2D eigenvalue weighted by Gasteiger charge is 2.37. The minimum atomic E-state index is -0.767. The van der Waals surface area contributed by atoms with Crippen LogP contribution in [0.3, 0.4) is 0 Å². The van der Waals surface area contributed by atoms with Crippen LogP contribution in [0.2, 0.25) is 0 Å². The van der Waals surface area contributed by atoms with Crippen molar-refractivity contribution in [3.8, 4) is 0 Å². The summed E-state index contributed by atoms with van der Waals surface area (Å²) in [6, 6.07) is 0. The Morgan fingerprint density at radius 1 is 1.40 bits per heavy atom. The first-order chi connectivity index (χ1) is 9.34. The van der Waals surface area contributed by atoms with Crippen LogP contribution in [0.5, 0.6) is 0 Å². The zero-order valence-electron chi connectivity index (χ0n) is 13.9. The van der Waals surface area contributed by atoms with Gasteiger partial charge in [-0.25, -0.2) is 4.79 Å². The highest BCUT2D eigenvalue weighted by atomic mass is 16.5. The molecule has 1 saturated carbocycles. The first-order valence-corrected chi connectivity index (χ1v) is 7.73. The van der Waals surface area contributed by atoms with E-state index in [1.807, 2.05) is 6.92 Å². The molecule has 1 aliphatic carbocycles. The molecular formula is C16H31NO3. The molecule has 0 aromatic heterocycles. The minimum absolute atomic E-state index is 0.246. The highest BCUT2D eigenvalue weighted by molar-refractivity contribution is 5.80. The normalized spacial score (nSPS) is 30.1. The zero-order valence-corrected chi connectivity index (χ0v) is 13.9. The van der Waals surface area contributed by atoms with E-state index in [2.05, 4.69) is 26.1 Å². The summed E-state index contributed by atoms with van der Waals surface area (Å²) >= 11 is 0. The van der Waals surface area contributed by atoms with Gasteiger partial charge in [-0.05, 0) is 44.6 Å². The number of carbonyl (C=O) groups is 1. The van der Waals surface area contributed by atoms with Gasteiger partial charge in [0.15, 0.2) is 0 Å². The Hall–Kier alpha value is -0.610. The third-order valence-corrected chi connectivity index (χ3v) is 4.74. The molecule has 0 heterocycles. The monoisotopic (exact) mass is 285 g/mol. The summed E-state index contributed by atoms with van der Waals surface area (Å²) in [4.78, 5) is 11.9. The fraction of sp³-hybridized carbons (Fsp3) is 0.938. The van der Waals surface area contributed by atoms with Crippen LogP contribution in [0.1, 0.15) is 47.0 Å². The first-order valence-electron chi connectivity index (χ1n) is 7.73. The lowest BCUT2D eigenvalue weighted by atomic mass is 9.75. The second-order valence-corrected chi connectivity index (χ2v) is 6.75. The Balaban J connectivity index is 2.66. The van der Waals surface area contributed by atoms with E-state index < -0.39 is 5.54 Å². The van der Waals surface area contributed by atoms with Crippen molar-refractivity contribution in [1.82, 2.24) is 5.32 Å². The van der Waals surface area contributed by atoms with Gasteiger partial charge in [0.05, 0.1) is 19.8 Å². The van der Waals surface area contributed by atoms with Crippen LogP contribution < -0.4 is 5.32 Å². The second kappa shape index (κ2) is 7.41. The van der Waals surface area contributed by atoms with E-state index in [4.69, 9.17) is 9.47 Å². The molecule has 0 aliphatic heterocycles. The van der Waals surface area contributed by atoms with Crippen molar-refractivity contribution in [2.24, 2.45) is 17.8 Å². The molecular weight excluding hydrogens is 254 g/mol. The first kappa shape index (κ1) is 17.4. The Kier molecular flexibility index (Phi) is 6.46. The van der Waals surface area contributed by atoms with Crippen LogP contribution in [-0.4, -0.2) is 38.4 Å². The van der Waals surface area contributed by atoms with Gasteiger partial charge in [0.1, 0.15) is 5.54 Å². The number of likely N-dealkylation sites (N-methyl/N-ethyl adjacent to an activating group) is 1. The fourth-order valence-electron chi connectivity index (χ4n) is 3.04. The minimum Gasteiger partial charge on any atom is -0.468 e. The Bertz CT molecular complexity index is 319. The lowest BCUT2D eigenvalue weighted by Crippen LogP contribution is -2.53. The van der Waals surface area contributed by atoms with Gasteiger partial charge in [-0.1, -0.05) is 27.2 Å². The highest BCUT2D eigenvalue weighted by Crippen LogP contribution is 2.35. The number of hydrogen-bond donors (Lipinski definition) is 1. The summed E-state index contributed by atoms with van der Waals surface area (Å²) < 4.78 is 11.0. The molecule has 0 saturated heterocycles. The largest absolute Gasteiger partial charge is 0.468 e. The van der Waals surface area contributed by atoms with Crippen LogP contribution in [-0.2, 0) is 14.3 Å². The van der Waals surface area contributed by atoms with Crippen molar-refractivity contribution in [1.29, 1.82) is 0 Å². The van der Waals surface area contributed by atoms with Crippen molar-refractivity contribution in [3.63, 3.8) is 0 Å². The van der Waals surface area contributed by atoms with Crippen molar-refractivity contribution in [2.75, 3.05) is 20.8 Å². The number of carbonyl (C=O) groups excluding carboxylic acids is 1. The third-order valence-electron chi connectivity index (χ3n) is 4.74. The van der Waals surface area contributed by atoms with E-state index in [0.717, 1.165) is 6.42 Å². The fourth-order valence-corrected chi connectivity index (χ4v) is 3.04. The Morgan fingerprint density at radius 2 is 2.05 bits per heavy atom. The molecule has 1 aliphatic rings. The van der Waals surface area contributed by atoms with Gasteiger partial charge in [-0.15, -0.1) is 0 Å². The molecule has 4 heteroatoms. The van der Waals surface area contributed by atoms with E-state index in [0.29, 0.717) is 24.4 Å². The van der Waals surface area contributed by atoms with Crippen LogP contribution in [0.25, 0.3) is 0 Å². The van der Waals surface area contributed by atoms with Crippen LogP contribution >= 0.6 is 0 Å². The quantitative estimate of drug-likeness (QED) is 0.762. The molecule has 118 valence electrons. The lowest BCUT2D eigenvalue weighted by molar-refractivity contribution is -0.153. The predicted molar refractivity (Wildman–Crippen MR) is 80.6 cm³/mol. The molecule has 1 rings (SSSR count). The number of methoxy groups -OCH3 is 1. The van der Waals surface area contributed by atoms with Gasteiger partial charge in [0, 0.05) is 0 Å². The number of esters is 1. The average Bonchev–Trinajstić information content (AvgIpc) is 2.43. The van der Waals surface area contributed by atoms with Gasteiger partial charge >= 0.3 is 5.97 Å². The summed E-state index contributed by atoms with van der Waals surface area (Å²) in [6.45, 7) is 8.99. The average molecular weight is 285 g/mol. The molecule has 1 N–H and O–H groups in total. The van der Waals surface area contributed by atoms with Crippen molar-refractivity contribution >= 4 is 5.97 Å². The maximum absolute atomic E-state index is 11.9. The molecule has 0 spiro atoms. The lowest BCUT2D eigenvalue weighted by Gasteiger charge is -2.39. The van der Waals surface area contributed by atoms with Gasteiger partial charge < -0.3 is 14.8 Å². The van der Waals surface area contributed by atoms with Crippen molar-refractivity contribution in [3.05, 3.63) is 0 Å². The second-order valence-electron chi connectivity index (χ2n) is 6.75. The van der Waals surface area contributed by atoms with Crippen LogP contribution in [0, 0.1) is 17.8 Å². The van der Waals surface area contributed by atoms with E-state index >= 15 is 0 Å². The molecule has 4 atom stereocenters. The van der Waals surface area contributed by atoms with Crippen LogP contribution in [0.4, 0.5) is 0 Å². The summed E-state index contributed by atoms with van der Waals surface area (Å²) in [7, 11) is 3.18. The molecule has 4 unspecified atom stereocenters. The maximum atomic E-state index is 11.9. The Morgan fingerprint density at radius 3 is 2.55 bits per heavy atom. The smallest absolute Gasteiger partial charge is 0.328 e. The van der Waals surface area contributed by atoms with E-state index in [9.17, 15) is 4.79 Å². The topological polar surface area (TPSA) is 47.6 Å². The van der Waals surface area contributed by atoms with E-state index in [-0.39, 0.29) is 12.1 Å². The zero-order chi connectivity index (χ0) is 15.3. The van der Waals surface area contributed by atoms with E-state index in [1.54, 1.807) is 7.05 Å². The summed E-state index contributed by atoms with van der Waals surface area (Å²) in [5.41, 5.74) is -0.767. The molecule has 0 amide bonds. The van der Waals surface area contributed by atoms with Gasteiger partial charge in [0.2, 0.25) is 0 Å². The number of ether oxygens (including phenoxy) is 2. The summed E-state index contributed by atoms with van der Waals surface area (Å²) in [6.07, 6.45) is 3.83. The van der Waals surface area contributed by atoms with E-state index in [1.165, 1.54) is 20.0 Å². The summed E-state index contributed by atoms with van der Waals surface area (Å²) in [5, 5.41) is 3.02. The molecule has 4 nitrogen and oxygen atoms in total. The maximum Gasteiger partial charge on any atom is 0.328 e. The molecule has 0 aromatic carbocycles. The van der Waals surface area contributed by atoms with Gasteiger partial charge in [-0.3, -0.25) is 0 Å². The number of nitrogens with one attached hydrogen (secondary N) is 1. The number of hydrogen-bond acceptors (Lipinski definition) is 4. The van der Waals surface area contributed by atoms with Gasteiger partial charge in [0.25, 0.3) is 0 Å². The van der Waals surface area contributed by atoms with Crippen molar-refractivity contribution in [2.45, 2.75) is 58.6 Å². The standard InChI is InChI=1S/C16H31NO3/c1-11(2)13-8-7-12(3)9-14(13)20-10-16(4,17-5)15(18)19-6/h11-14,17H,7-10H2,1-6H3. The van der Waals surface area contributed by atoms with Crippen LogP contribution in [0.15, 0.2) is 0 Å². The third kappa shape index (κ3) is 4.19. The molecule has 1 fully saturated rings. The Labute approximate surface area is 123 Å². The molecule has 0 radical (unpaired) electrons. The summed E-state index contributed by atoms with van der Waals surface area (Å²) in [5.74, 6) is 1.63. The molecule has 20 heavy (non-hydrogen) atoms. The SMILES string of the molecule is CNC(C)(COC1CC(C)CCC1C(C)C)C(=O)OC.